The number of methoxy groups -OCH3 is 1. The Kier molecular flexibility index (Phi) is 3.16. The first-order valence-electron chi connectivity index (χ1n) is 4.71. The Labute approximate surface area is 108 Å². The lowest BCUT2D eigenvalue weighted by atomic mass is 10.1. The van der Waals surface area contributed by atoms with Crippen LogP contribution in [0.2, 0.25) is 0 Å². The molecule has 0 saturated carbocycles. The maximum Gasteiger partial charge on any atom is 0.341 e. The van der Waals surface area contributed by atoms with Crippen molar-refractivity contribution in [1.29, 1.82) is 0 Å². The van der Waals surface area contributed by atoms with E-state index in [2.05, 4.69) is 20.9 Å². The number of pyridine rings is 1. The van der Waals surface area contributed by atoms with E-state index in [0.717, 1.165) is 12.1 Å². The number of carboxylic acid groups (broad SMARTS) is 1. The third kappa shape index (κ3) is 1.90. The molecule has 1 aromatic carbocycles. The van der Waals surface area contributed by atoms with Crippen LogP contribution < -0.4 is 4.74 Å². The third-order valence-corrected chi connectivity index (χ3v) is 3.07. The number of hydrogen-bond acceptors (Lipinski definition) is 3. The van der Waals surface area contributed by atoms with Gasteiger partial charge in [-0.2, -0.15) is 0 Å². The van der Waals surface area contributed by atoms with E-state index in [1.54, 1.807) is 0 Å². The molecular formula is C11H6BrF2NO3. The third-order valence-electron chi connectivity index (χ3n) is 2.34. The molecule has 0 saturated heterocycles. The zero-order valence-corrected chi connectivity index (χ0v) is 10.6. The van der Waals surface area contributed by atoms with Crippen molar-refractivity contribution < 1.29 is 23.4 Å². The second kappa shape index (κ2) is 4.49. The molecule has 1 N–H and O–H groups in total. The van der Waals surface area contributed by atoms with Crippen LogP contribution >= 0.6 is 15.9 Å². The van der Waals surface area contributed by atoms with E-state index >= 15 is 0 Å². The number of nitrogens with zero attached hydrogens (tertiary/aromatic N) is 1. The largest absolute Gasteiger partial charge is 0.480 e. The van der Waals surface area contributed by atoms with Crippen molar-refractivity contribution in [2.75, 3.05) is 7.11 Å². The maximum absolute atomic E-state index is 13.8. The number of aromatic carboxylic acids is 1. The summed E-state index contributed by atoms with van der Waals surface area (Å²) in [5.41, 5.74) is -0.308. The molecule has 0 unspecified atom stereocenters. The summed E-state index contributed by atoms with van der Waals surface area (Å²) in [6.45, 7) is 0. The van der Waals surface area contributed by atoms with Gasteiger partial charge in [-0.15, -0.1) is 0 Å². The Bertz CT molecular complexity index is 661. The van der Waals surface area contributed by atoms with Gasteiger partial charge in [-0.1, -0.05) is 0 Å². The van der Waals surface area contributed by atoms with E-state index < -0.39 is 17.6 Å². The Hall–Kier alpha value is -1.76. The quantitative estimate of drug-likeness (QED) is 0.865. The molecule has 2 rings (SSSR count). The van der Waals surface area contributed by atoms with Crippen molar-refractivity contribution in [3.8, 4) is 5.88 Å². The van der Waals surface area contributed by atoms with Crippen LogP contribution in [0.5, 0.6) is 5.88 Å². The summed E-state index contributed by atoms with van der Waals surface area (Å²) in [6, 6.07) is 2.06. The normalized spacial score (nSPS) is 10.7. The molecule has 0 atom stereocenters. The molecule has 4 nitrogen and oxygen atoms in total. The summed E-state index contributed by atoms with van der Waals surface area (Å²) < 4.78 is 31.5. The Morgan fingerprint density at radius 3 is 2.67 bits per heavy atom. The van der Waals surface area contributed by atoms with Gasteiger partial charge < -0.3 is 9.84 Å². The summed E-state index contributed by atoms with van der Waals surface area (Å²) in [6.07, 6.45) is 0. The van der Waals surface area contributed by atoms with E-state index in [4.69, 9.17) is 9.84 Å². The van der Waals surface area contributed by atoms with E-state index in [-0.39, 0.29) is 26.8 Å². The molecule has 7 heteroatoms. The van der Waals surface area contributed by atoms with Crippen LogP contribution in [0.1, 0.15) is 10.4 Å². The fourth-order valence-electron chi connectivity index (χ4n) is 1.51. The van der Waals surface area contributed by atoms with Gasteiger partial charge in [-0.3, -0.25) is 0 Å². The topological polar surface area (TPSA) is 59.4 Å². The first-order chi connectivity index (χ1) is 8.45. The number of benzene rings is 1. The summed E-state index contributed by atoms with van der Waals surface area (Å²) in [5.74, 6) is -3.22. The van der Waals surface area contributed by atoms with Crippen LogP contribution in [0.4, 0.5) is 8.78 Å². The van der Waals surface area contributed by atoms with Crippen LogP contribution in [-0.4, -0.2) is 23.2 Å². The number of ether oxygens (including phenoxy) is 1. The highest BCUT2D eigenvalue weighted by atomic mass is 79.9. The molecule has 0 aliphatic heterocycles. The zero-order valence-electron chi connectivity index (χ0n) is 9.00. The predicted molar refractivity (Wildman–Crippen MR) is 62.9 cm³/mol. The summed E-state index contributed by atoms with van der Waals surface area (Å²) in [5, 5.41) is 8.85. The zero-order chi connectivity index (χ0) is 13.4. The Balaban J connectivity index is 2.88. The minimum Gasteiger partial charge on any atom is -0.480 e. The second-order valence-corrected chi connectivity index (χ2v) is 4.20. The van der Waals surface area contributed by atoms with Crippen molar-refractivity contribution in [3.05, 3.63) is 33.8 Å². The Morgan fingerprint density at radius 1 is 1.44 bits per heavy atom. The lowest BCUT2D eigenvalue weighted by Gasteiger charge is -2.08. The van der Waals surface area contributed by atoms with Gasteiger partial charge in [0.1, 0.15) is 17.2 Å². The van der Waals surface area contributed by atoms with Crippen molar-refractivity contribution >= 4 is 32.8 Å². The summed E-state index contributed by atoms with van der Waals surface area (Å²) in [4.78, 5) is 14.7. The molecule has 0 aliphatic carbocycles. The first kappa shape index (κ1) is 12.7. The van der Waals surface area contributed by atoms with Gasteiger partial charge in [0.05, 0.1) is 17.1 Å². The van der Waals surface area contributed by atoms with Crippen LogP contribution in [0.25, 0.3) is 10.9 Å². The fraction of sp³-hybridized carbons (Fsp3) is 0.0909. The smallest absolute Gasteiger partial charge is 0.341 e. The van der Waals surface area contributed by atoms with Gasteiger partial charge in [-0.25, -0.2) is 18.6 Å². The van der Waals surface area contributed by atoms with Gasteiger partial charge >= 0.3 is 5.97 Å². The van der Waals surface area contributed by atoms with Gasteiger partial charge in [0.15, 0.2) is 0 Å². The highest BCUT2D eigenvalue weighted by molar-refractivity contribution is 9.10. The SMILES string of the molecule is COc1nc2cc(F)c(Br)c(F)c2cc1C(=O)O. The van der Waals surface area contributed by atoms with Gasteiger partial charge in [0.2, 0.25) is 5.88 Å². The molecule has 0 spiro atoms. The minimum absolute atomic E-state index is 0.0185. The van der Waals surface area contributed by atoms with Crippen LogP contribution in [0.3, 0.4) is 0 Å². The molecule has 0 bridgehead atoms. The Morgan fingerprint density at radius 2 is 2.11 bits per heavy atom. The lowest BCUT2D eigenvalue weighted by molar-refractivity contribution is 0.0692. The number of rotatable bonds is 2. The van der Waals surface area contributed by atoms with Gasteiger partial charge in [0.25, 0.3) is 0 Å². The average molecular weight is 318 g/mol. The lowest BCUT2D eigenvalue weighted by Crippen LogP contribution is -2.04. The molecule has 2 aromatic rings. The average Bonchev–Trinajstić information content (AvgIpc) is 2.34. The monoisotopic (exact) mass is 317 g/mol. The van der Waals surface area contributed by atoms with E-state index in [1.807, 2.05) is 0 Å². The number of halogens is 3. The minimum atomic E-state index is -1.30. The highest BCUT2D eigenvalue weighted by Gasteiger charge is 2.19. The molecule has 0 aliphatic rings. The number of aromatic nitrogens is 1. The molecule has 0 amide bonds. The molecule has 1 aromatic heterocycles. The number of fused-ring (bicyclic) bond motifs is 1. The van der Waals surface area contributed by atoms with Crippen LogP contribution in [0, 0.1) is 11.6 Å². The number of carbonyl (C=O) groups is 1. The first-order valence-corrected chi connectivity index (χ1v) is 5.50. The van der Waals surface area contributed by atoms with Gasteiger partial charge in [-0.05, 0) is 22.0 Å². The molecule has 0 fully saturated rings. The van der Waals surface area contributed by atoms with Crippen molar-refractivity contribution in [2.24, 2.45) is 0 Å². The summed E-state index contributed by atoms with van der Waals surface area (Å²) in [7, 11) is 1.23. The molecule has 1 heterocycles. The second-order valence-electron chi connectivity index (χ2n) is 3.40. The van der Waals surface area contributed by atoms with E-state index in [1.165, 1.54) is 7.11 Å². The van der Waals surface area contributed by atoms with Crippen molar-refractivity contribution in [2.45, 2.75) is 0 Å². The summed E-state index contributed by atoms with van der Waals surface area (Å²) >= 11 is 2.74. The van der Waals surface area contributed by atoms with Crippen LogP contribution in [0.15, 0.2) is 16.6 Å². The standard InChI is InChI=1S/C11H6BrF2NO3/c1-18-10-5(11(16)17)2-4-7(15-10)3-6(13)8(12)9(4)14/h2-3H,1H3,(H,16,17). The van der Waals surface area contributed by atoms with Crippen molar-refractivity contribution in [1.82, 2.24) is 4.98 Å². The number of hydrogen-bond donors (Lipinski definition) is 1. The van der Waals surface area contributed by atoms with E-state index in [0.29, 0.717) is 0 Å². The molecular weight excluding hydrogens is 312 g/mol. The molecule has 94 valence electrons. The predicted octanol–water partition coefficient (Wildman–Crippen LogP) is 2.98. The van der Waals surface area contributed by atoms with E-state index in [9.17, 15) is 13.6 Å². The molecule has 18 heavy (non-hydrogen) atoms. The highest BCUT2D eigenvalue weighted by Crippen LogP contribution is 2.30. The number of carboxylic acids is 1. The van der Waals surface area contributed by atoms with Gasteiger partial charge in [0, 0.05) is 11.5 Å². The maximum atomic E-state index is 13.8. The fourth-order valence-corrected chi connectivity index (χ4v) is 1.84. The van der Waals surface area contributed by atoms with Crippen molar-refractivity contribution in [3.63, 3.8) is 0 Å². The van der Waals surface area contributed by atoms with Crippen LogP contribution in [-0.2, 0) is 0 Å². The molecule has 0 radical (unpaired) electrons.